The summed E-state index contributed by atoms with van der Waals surface area (Å²) in [4.78, 5) is 9.80. The van der Waals surface area contributed by atoms with Gasteiger partial charge in [-0.25, -0.2) is 4.98 Å². The Bertz CT molecular complexity index is 2760. The van der Waals surface area contributed by atoms with Gasteiger partial charge in [-0.3, -0.25) is 4.98 Å². The van der Waals surface area contributed by atoms with Crippen molar-refractivity contribution in [2.24, 2.45) is 7.05 Å². The van der Waals surface area contributed by atoms with Crippen LogP contribution in [0.25, 0.3) is 98.3 Å². The molecule has 0 N–H and O–H groups in total. The topological polar surface area (TPSA) is 30.7 Å². The van der Waals surface area contributed by atoms with E-state index in [1.54, 1.807) is 0 Å². The van der Waals surface area contributed by atoms with Gasteiger partial charge in [-0.1, -0.05) is 97.1 Å². The summed E-state index contributed by atoms with van der Waals surface area (Å²) >= 11 is 0. The number of hydrogen-bond acceptors (Lipinski definition) is 2. The lowest BCUT2D eigenvalue weighted by Gasteiger charge is -2.17. The molecule has 10 aromatic rings. The van der Waals surface area contributed by atoms with Crippen molar-refractivity contribution in [2.45, 2.75) is 0 Å². The van der Waals surface area contributed by atoms with Crippen molar-refractivity contribution in [3.63, 3.8) is 0 Å². The van der Waals surface area contributed by atoms with Crippen LogP contribution in [0.3, 0.4) is 0 Å². The Morgan fingerprint density at radius 1 is 0.477 bits per heavy atom. The van der Waals surface area contributed by atoms with Crippen molar-refractivity contribution >= 4 is 75.7 Å². The number of pyridine rings is 1. The number of nitrogens with zero attached hydrogens (tertiary/aromatic N) is 3. The number of fused-ring (bicyclic) bond motifs is 3. The standard InChI is InChI=1S/C41H25N3/c1-44-36-14-3-2-13-34(36)43-41(44)35-20-19-28(23-42-35)29-21-27-18-17-26-8-5-11-31-30-10-4-7-24-15-16-25-9-6-12-32(39(25)37(24)30)33(22-29)40(27)38(26)31/h2-23H,1H3. The molecule has 0 aliphatic carbocycles. The van der Waals surface area contributed by atoms with Gasteiger partial charge in [0.2, 0.25) is 0 Å². The Morgan fingerprint density at radius 3 is 1.68 bits per heavy atom. The van der Waals surface area contributed by atoms with Crippen molar-refractivity contribution < 1.29 is 0 Å². The highest BCUT2D eigenvalue weighted by molar-refractivity contribution is 6.37. The molecule has 0 amide bonds. The fraction of sp³-hybridized carbons (Fsp3) is 0.0244. The fourth-order valence-corrected chi connectivity index (χ4v) is 7.52. The molecule has 44 heavy (non-hydrogen) atoms. The quantitative estimate of drug-likeness (QED) is 0.197. The Hall–Kier alpha value is -5.80. The number of aryl methyl sites for hydroxylation is 1. The first-order valence-electron chi connectivity index (χ1n) is 15.1. The predicted octanol–water partition coefficient (Wildman–Crippen LogP) is 10.7. The summed E-state index contributed by atoms with van der Waals surface area (Å²) in [7, 11) is 2.05. The van der Waals surface area contributed by atoms with Crippen molar-refractivity contribution in [3.05, 3.63) is 134 Å². The molecule has 3 nitrogen and oxygen atoms in total. The van der Waals surface area contributed by atoms with Gasteiger partial charge < -0.3 is 4.57 Å². The van der Waals surface area contributed by atoms with Crippen LogP contribution in [0.5, 0.6) is 0 Å². The molecule has 3 heteroatoms. The molecule has 8 aromatic carbocycles. The minimum Gasteiger partial charge on any atom is -0.326 e. The van der Waals surface area contributed by atoms with Gasteiger partial charge in [-0.05, 0) is 101 Å². The fourth-order valence-electron chi connectivity index (χ4n) is 7.52. The normalized spacial score (nSPS) is 12.2. The maximum absolute atomic E-state index is 4.93. The molecule has 0 aliphatic rings. The molecule has 0 fully saturated rings. The Labute approximate surface area is 253 Å². The molecule has 0 bridgehead atoms. The molecule has 10 rings (SSSR count). The lowest BCUT2D eigenvalue weighted by atomic mass is 9.86. The molecule has 0 saturated heterocycles. The zero-order valence-corrected chi connectivity index (χ0v) is 24.0. The lowest BCUT2D eigenvalue weighted by molar-refractivity contribution is 0.950. The van der Waals surface area contributed by atoms with E-state index in [0.29, 0.717) is 0 Å². The monoisotopic (exact) mass is 559 g/mol. The number of benzene rings is 7. The van der Waals surface area contributed by atoms with Gasteiger partial charge in [-0.2, -0.15) is 0 Å². The van der Waals surface area contributed by atoms with Crippen LogP contribution >= 0.6 is 0 Å². The highest BCUT2D eigenvalue weighted by Crippen LogP contribution is 2.44. The van der Waals surface area contributed by atoms with E-state index in [4.69, 9.17) is 9.97 Å². The van der Waals surface area contributed by atoms with Crippen LogP contribution in [0.4, 0.5) is 0 Å². The smallest absolute Gasteiger partial charge is 0.159 e. The summed E-state index contributed by atoms with van der Waals surface area (Å²) in [5.74, 6) is 0.872. The maximum atomic E-state index is 4.93. The third-order valence-electron chi connectivity index (χ3n) is 9.54. The first-order valence-corrected chi connectivity index (χ1v) is 15.1. The molecule has 0 unspecified atom stereocenters. The van der Waals surface area contributed by atoms with Crippen molar-refractivity contribution in [2.75, 3.05) is 0 Å². The summed E-state index contributed by atoms with van der Waals surface area (Å²) in [5.41, 5.74) is 5.20. The summed E-state index contributed by atoms with van der Waals surface area (Å²) in [6, 6.07) is 46.5. The van der Waals surface area contributed by atoms with Crippen LogP contribution in [-0.4, -0.2) is 14.5 Å². The van der Waals surface area contributed by atoms with Crippen LogP contribution in [0.1, 0.15) is 0 Å². The van der Waals surface area contributed by atoms with Crippen LogP contribution in [0.15, 0.2) is 134 Å². The predicted molar refractivity (Wildman–Crippen MR) is 186 cm³/mol. The highest BCUT2D eigenvalue weighted by atomic mass is 15.1. The second-order valence-electron chi connectivity index (χ2n) is 11.9. The number of imidazole rings is 1. The van der Waals surface area contributed by atoms with Gasteiger partial charge in [-0.15, -0.1) is 0 Å². The van der Waals surface area contributed by atoms with Gasteiger partial charge in [0.05, 0.1) is 11.0 Å². The van der Waals surface area contributed by atoms with Crippen LogP contribution in [0, 0.1) is 0 Å². The number of aromatic nitrogens is 3. The zero-order valence-electron chi connectivity index (χ0n) is 24.0. The largest absolute Gasteiger partial charge is 0.326 e. The van der Waals surface area contributed by atoms with Crippen LogP contribution in [-0.2, 0) is 7.05 Å². The first kappa shape index (κ1) is 23.7. The average molecular weight is 560 g/mol. The average Bonchev–Trinajstić information content (AvgIpc) is 3.42. The minimum atomic E-state index is 0.867. The van der Waals surface area contributed by atoms with Crippen molar-refractivity contribution in [3.8, 4) is 22.6 Å². The SMILES string of the molecule is Cn1c(-c2ccc(-c3cc4ccc5cccc6c7cccc8ccc9cccc(c(c3)c4c56)c9c87)cn2)nc2ccccc21. The molecule has 2 aromatic heterocycles. The molecule has 2 heterocycles. The van der Waals surface area contributed by atoms with E-state index in [2.05, 4.69) is 121 Å². The van der Waals surface area contributed by atoms with Gasteiger partial charge in [0.1, 0.15) is 5.69 Å². The number of hydrogen-bond donors (Lipinski definition) is 0. The highest BCUT2D eigenvalue weighted by Gasteiger charge is 2.17. The minimum absolute atomic E-state index is 0.867. The molecule has 0 aliphatic heterocycles. The van der Waals surface area contributed by atoms with Crippen molar-refractivity contribution in [1.82, 2.24) is 14.5 Å². The number of rotatable bonds is 2. The molecular formula is C41H25N3. The Morgan fingerprint density at radius 2 is 1.07 bits per heavy atom. The molecule has 204 valence electrons. The van der Waals surface area contributed by atoms with E-state index in [9.17, 15) is 0 Å². The molecule has 0 spiro atoms. The molecule has 0 atom stereocenters. The van der Waals surface area contributed by atoms with E-state index >= 15 is 0 Å². The van der Waals surface area contributed by atoms with Crippen LogP contribution in [0.2, 0.25) is 0 Å². The van der Waals surface area contributed by atoms with Gasteiger partial charge in [0.25, 0.3) is 0 Å². The number of para-hydroxylation sites is 2. The molecule has 0 saturated carbocycles. The second-order valence-corrected chi connectivity index (χ2v) is 11.9. The van der Waals surface area contributed by atoms with Crippen molar-refractivity contribution in [1.29, 1.82) is 0 Å². The van der Waals surface area contributed by atoms with E-state index < -0.39 is 0 Å². The van der Waals surface area contributed by atoms with Gasteiger partial charge in [0, 0.05) is 18.8 Å². The van der Waals surface area contributed by atoms with Gasteiger partial charge >= 0.3 is 0 Å². The Kier molecular flexibility index (Phi) is 4.65. The first-order chi connectivity index (χ1) is 21.7. The van der Waals surface area contributed by atoms with Gasteiger partial charge in [0.15, 0.2) is 5.82 Å². The van der Waals surface area contributed by atoms with E-state index in [0.717, 1.165) is 33.7 Å². The molecule has 0 radical (unpaired) electrons. The van der Waals surface area contributed by atoms with Crippen LogP contribution < -0.4 is 0 Å². The van der Waals surface area contributed by atoms with E-state index in [1.807, 2.05) is 24.4 Å². The second kappa shape index (κ2) is 8.62. The maximum Gasteiger partial charge on any atom is 0.159 e. The molecular weight excluding hydrogens is 534 g/mol. The summed E-state index contributed by atoms with van der Waals surface area (Å²) in [6.45, 7) is 0. The summed E-state index contributed by atoms with van der Waals surface area (Å²) in [5, 5.41) is 15.5. The summed E-state index contributed by atoms with van der Waals surface area (Å²) < 4.78 is 2.12. The third kappa shape index (κ3) is 3.16. The lowest BCUT2D eigenvalue weighted by Crippen LogP contribution is -1.95. The zero-order chi connectivity index (χ0) is 28.9. The summed E-state index contributed by atoms with van der Waals surface area (Å²) in [6.07, 6.45) is 1.99. The third-order valence-corrected chi connectivity index (χ3v) is 9.54. The Balaban J connectivity index is 1.30. The van der Waals surface area contributed by atoms with E-state index in [1.165, 1.54) is 64.6 Å². The van der Waals surface area contributed by atoms with E-state index in [-0.39, 0.29) is 0 Å².